The van der Waals surface area contributed by atoms with Gasteiger partial charge in [0.15, 0.2) is 5.16 Å². The minimum Gasteiger partial charge on any atom is -0.383 e. The predicted octanol–water partition coefficient (Wildman–Crippen LogP) is 3.64. The van der Waals surface area contributed by atoms with E-state index in [1.807, 2.05) is 42.5 Å². The minimum atomic E-state index is -0.417. The lowest BCUT2D eigenvalue weighted by Gasteiger charge is -2.17. The normalized spacial score (nSPS) is 17.0. The Kier molecular flexibility index (Phi) is 6.84. The summed E-state index contributed by atoms with van der Waals surface area (Å²) in [7, 11) is 1.60. The van der Waals surface area contributed by atoms with Crippen molar-refractivity contribution in [3.8, 4) is 0 Å². The molecule has 142 valence electrons. The SMILES string of the molecule is CCn1c(SC(COC)C(=O)Nc2ccccc2)nnc1C1C=CC=CC1. The molecule has 0 saturated carbocycles. The largest absolute Gasteiger partial charge is 0.383 e. The number of methoxy groups -OCH3 is 1. The van der Waals surface area contributed by atoms with Gasteiger partial charge in [0.1, 0.15) is 11.1 Å². The number of hydrogen-bond acceptors (Lipinski definition) is 5. The van der Waals surface area contributed by atoms with Gasteiger partial charge < -0.3 is 14.6 Å². The molecule has 1 heterocycles. The second-order valence-electron chi connectivity index (χ2n) is 6.16. The molecule has 0 spiro atoms. The van der Waals surface area contributed by atoms with Crippen LogP contribution in [0.25, 0.3) is 0 Å². The number of ether oxygens (including phenoxy) is 1. The lowest BCUT2D eigenvalue weighted by molar-refractivity contribution is -0.116. The van der Waals surface area contributed by atoms with Crippen LogP contribution in [0.2, 0.25) is 0 Å². The molecule has 0 saturated heterocycles. The molecule has 7 heteroatoms. The number of carbonyl (C=O) groups excluding carboxylic acids is 1. The number of para-hydroxylation sites is 1. The lowest BCUT2D eigenvalue weighted by Crippen LogP contribution is -2.29. The maximum absolute atomic E-state index is 12.7. The molecule has 6 nitrogen and oxygen atoms in total. The van der Waals surface area contributed by atoms with Crippen LogP contribution in [0.15, 0.2) is 59.8 Å². The molecule has 0 bridgehead atoms. The van der Waals surface area contributed by atoms with E-state index in [1.54, 1.807) is 7.11 Å². The van der Waals surface area contributed by atoms with E-state index in [9.17, 15) is 4.79 Å². The molecule has 1 aromatic heterocycles. The smallest absolute Gasteiger partial charge is 0.240 e. The second kappa shape index (κ2) is 9.53. The Morgan fingerprint density at radius 3 is 2.81 bits per heavy atom. The molecular weight excluding hydrogens is 360 g/mol. The number of carbonyl (C=O) groups is 1. The highest BCUT2D eigenvalue weighted by molar-refractivity contribution is 8.00. The first-order valence-electron chi connectivity index (χ1n) is 9.00. The monoisotopic (exact) mass is 384 g/mol. The Bertz CT molecular complexity index is 817. The maximum Gasteiger partial charge on any atom is 0.240 e. The molecular formula is C20H24N4O2S. The van der Waals surface area contributed by atoms with Gasteiger partial charge in [-0.05, 0) is 25.5 Å². The summed E-state index contributed by atoms with van der Waals surface area (Å²) in [4.78, 5) is 12.7. The van der Waals surface area contributed by atoms with Crippen molar-refractivity contribution in [3.05, 3.63) is 60.5 Å². The predicted molar refractivity (Wildman–Crippen MR) is 108 cm³/mol. The number of amides is 1. The molecule has 1 aliphatic carbocycles. The van der Waals surface area contributed by atoms with Crippen LogP contribution in [-0.4, -0.2) is 39.6 Å². The summed E-state index contributed by atoms with van der Waals surface area (Å²) in [6.07, 6.45) is 9.26. The lowest BCUT2D eigenvalue weighted by atomic mass is 10.0. The zero-order chi connectivity index (χ0) is 19.1. The Morgan fingerprint density at radius 1 is 1.33 bits per heavy atom. The van der Waals surface area contributed by atoms with Crippen molar-refractivity contribution in [3.63, 3.8) is 0 Å². The first-order valence-corrected chi connectivity index (χ1v) is 9.88. The number of anilines is 1. The number of thioether (sulfide) groups is 1. The van der Waals surface area contributed by atoms with E-state index in [0.717, 1.165) is 29.6 Å². The number of hydrogen-bond donors (Lipinski definition) is 1. The Hall–Kier alpha value is -2.38. The highest BCUT2D eigenvalue weighted by Gasteiger charge is 2.25. The zero-order valence-electron chi connectivity index (χ0n) is 15.5. The van der Waals surface area contributed by atoms with E-state index in [2.05, 4.69) is 39.2 Å². The highest BCUT2D eigenvalue weighted by Crippen LogP contribution is 2.29. The summed E-state index contributed by atoms with van der Waals surface area (Å²) < 4.78 is 7.35. The number of allylic oxidation sites excluding steroid dienone is 4. The van der Waals surface area contributed by atoms with Crippen molar-refractivity contribution in [1.29, 1.82) is 0 Å². The van der Waals surface area contributed by atoms with Crippen LogP contribution in [0.5, 0.6) is 0 Å². The zero-order valence-corrected chi connectivity index (χ0v) is 16.4. The maximum atomic E-state index is 12.7. The average Bonchev–Trinajstić information content (AvgIpc) is 3.11. The van der Waals surface area contributed by atoms with Crippen LogP contribution in [0.1, 0.15) is 25.1 Å². The summed E-state index contributed by atoms with van der Waals surface area (Å²) in [6, 6.07) is 9.42. The number of rotatable bonds is 8. The van der Waals surface area contributed by atoms with Gasteiger partial charge in [0.05, 0.1) is 6.61 Å². The highest BCUT2D eigenvalue weighted by atomic mass is 32.2. The second-order valence-corrected chi connectivity index (χ2v) is 7.33. The van der Waals surface area contributed by atoms with Crippen molar-refractivity contribution >= 4 is 23.4 Å². The van der Waals surface area contributed by atoms with E-state index in [4.69, 9.17) is 4.74 Å². The fourth-order valence-electron chi connectivity index (χ4n) is 2.92. The summed E-state index contributed by atoms with van der Waals surface area (Å²) in [5, 5.41) is 12.0. The third kappa shape index (κ3) is 4.87. The molecule has 2 atom stereocenters. The number of nitrogens with one attached hydrogen (secondary N) is 1. The van der Waals surface area contributed by atoms with Gasteiger partial charge in [0, 0.05) is 25.3 Å². The van der Waals surface area contributed by atoms with Crippen LogP contribution in [0.4, 0.5) is 5.69 Å². The average molecular weight is 385 g/mol. The third-order valence-corrected chi connectivity index (χ3v) is 5.42. The fourth-order valence-corrected chi connectivity index (χ4v) is 3.98. The van der Waals surface area contributed by atoms with E-state index in [1.165, 1.54) is 11.8 Å². The molecule has 2 aromatic rings. The number of aromatic nitrogens is 3. The van der Waals surface area contributed by atoms with Crippen LogP contribution in [-0.2, 0) is 16.1 Å². The van der Waals surface area contributed by atoms with Gasteiger partial charge in [-0.3, -0.25) is 4.79 Å². The molecule has 0 fully saturated rings. The van der Waals surface area contributed by atoms with Crippen molar-refractivity contribution in [2.45, 2.75) is 36.2 Å². The van der Waals surface area contributed by atoms with Gasteiger partial charge in [-0.15, -0.1) is 10.2 Å². The van der Waals surface area contributed by atoms with E-state index in [-0.39, 0.29) is 11.8 Å². The van der Waals surface area contributed by atoms with Gasteiger partial charge >= 0.3 is 0 Å². The molecule has 0 radical (unpaired) electrons. The Morgan fingerprint density at radius 2 is 2.15 bits per heavy atom. The topological polar surface area (TPSA) is 69.0 Å². The number of benzene rings is 1. The summed E-state index contributed by atoms with van der Waals surface area (Å²) >= 11 is 1.39. The Labute approximate surface area is 163 Å². The van der Waals surface area contributed by atoms with Gasteiger partial charge in [-0.25, -0.2) is 0 Å². The van der Waals surface area contributed by atoms with Gasteiger partial charge in [-0.1, -0.05) is 54.3 Å². The molecule has 2 unspecified atom stereocenters. The quantitative estimate of drug-likeness (QED) is 0.704. The van der Waals surface area contributed by atoms with Crippen LogP contribution >= 0.6 is 11.8 Å². The van der Waals surface area contributed by atoms with Gasteiger partial charge in [0.2, 0.25) is 5.91 Å². The van der Waals surface area contributed by atoms with Crippen LogP contribution < -0.4 is 5.32 Å². The van der Waals surface area contributed by atoms with E-state index < -0.39 is 5.25 Å². The van der Waals surface area contributed by atoms with Crippen molar-refractivity contribution in [1.82, 2.24) is 14.8 Å². The molecule has 1 aromatic carbocycles. The third-order valence-electron chi connectivity index (χ3n) is 4.27. The molecule has 3 rings (SSSR count). The van der Waals surface area contributed by atoms with Crippen LogP contribution in [0, 0.1) is 0 Å². The van der Waals surface area contributed by atoms with Crippen molar-refractivity contribution in [2.24, 2.45) is 0 Å². The summed E-state index contributed by atoms with van der Waals surface area (Å²) in [5.74, 6) is 1.04. The number of nitrogens with zero attached hydrogens (tertiary/aromatic N) is 3. The summed E-state index contributed by atoms with van der Waals surface area (Å²) in [5.41, 5.74) is 0.765. The molecule has 1 amide bonds. The minimum absolute atomic E-state index is 0.110. The molecule has 0 aliphatic heterocycles. The molecule has 1 aliphatic rings. The fraction of sp³-hybridized carbons (Fsp3) is 0.350. The molecule has 1 N–H and O–H groups in total. The first kappa shape index (κ1) is 19.4. The summed E-state index contributed by atoms with van der Waals surface area (Å²) in [6.45, 7) is 3.11. The molecule has 27 heavy (non-hydrogen) atoms. The van der Waals surface area contributed by atoms with Gasteiger partial charge in [0.25, 0.3) is 0 Å². The Balaban J connectivity index is 1.76. The van der Waals surface area contributed by atoms with Gasteiger partial charge in [-0.2, -0.15) is 0 Å². The first-order chi connectivity index (χ1) is 13.2. The van der Waals surface area contributed by atoms with E-state index >= 15 is 0 Å². The standard InChI is InChI=1S/C20H24N4O2S/c1-3-24-18(15-10-6-4-7-11-15)22-23-20(24)27-17(14-26-2)19(25)21-16-12-8-5-9-13-16/h4-10,12-13,15,17H,3,11,14H2,1-2H3,(H,21,25). The van der Waals surface area contributed by atoms with Crippen molar-refractivity contribution < 1.29 is 9.53 Å². The van der Waals surface area contributed by atoms with E-state index in [0.29, 0.717) is 6.61 Å². The van der Waals surface area contributed by atoms with Crippen LogP contribution in [0.3, 0.4) is 0 Å². The van der Waals surface area contributed by atoms with Crippen molar-refractivity contribution in [2.75, 3.05) is 19.0 Å².